The smallest absolute Gasteiger partial charge is 0.119 e. The zero-order valence-electron chi connectivity index (χ0n) is 12.4. The van der Waals surface area contributed by atoms with Crippen molar-refractivity contribution in [3.63, 3.8) is 0 Å². The number of piperidine rings is 1. The first kappa shape index (κ1) is 14.4. The van der Waals surface area contributed by atoms with E-state index in [1.165, 1.54) is 19.3 Å². The van der Waals surface area contributed by atoms with Gasteiger partial charge in [-0.2, -0.15) is 5.26 Å². The molecule has 0 unspecified atom stereocenters. The van der Waals surface area contributed by atoms with E-state index in [1.807, 2.05) is 24.3 Å². The van der Waals surface area contributed by atoms with Crippen LogP contribution in [0.2, 0.25) is 0 Å². The van der Waals surface area contributed by atoms with Gasteiger partial charge >= 0.3 is 0 Å². The Hall–Kier alpha value is -1.57. The summed E-state index contributed by atoms with van der Waals surface area (Å²) in [7, 11) is 0. The third-order valence-corrected chi connectivity index (χ3v) is 4.65. The van der Waals surface area contributed by atoms with Crippen molar-refractivity contribution in [1.29, 1.82) is 5.26 Å². The van der Waals surface area contributed by atoms with Crippen LogP contribution in [0.15, 0.2) is 24.3 Å². The van der Waals surface area contributed by atoms with Gasteiger partial charge < -0.3 is 10.5 Å². The SMILES string of the molecule is N#Cc1ccc(O[C@@H]2CCC[C@H]2N2CCC[C@@H](N)C2)cc1. The molecule has 1 aromatic carbocycles. The molecular weight excluding hydrogens is 262 g/mol. The van der Waals surface area contributed by atoms with Gasteiger partial charge in [-0.1, -0.05) is 0 Å². The highest BCUT2D eigenvalue weighted by Crippen LogP contribution is 2.30. The lowest BCUT2D eigenvalue weighted by Crippen LogP contribution is -2.51. The Morgan fingerprint density at radius 1 is 1.14 bits per heavy atom. The van der Waals surface area contributed by atoms with Crippen LogP contribution in [0.4, 0.5) is 0 Å². The van der Waals surface area contributed by atoms with Crippen LogP contribution in [0, 0.1) is 11.3 Å². The predicted octanol–water partition coefficient (Wildman–Crippen LogP) is 2.28. The van der Waals surface area contributed by atoms with Crippen molar-refractivity contribution in [1.82, 2.24) is 4.90 Å². The first-order valence-corrected chi connectivity index (χ1v) is 7.93. The van der Waals surface area contributed by atoms with Crippen molar-refractivity contribution in [2.24, 2.45) is 5.73 Å². The summed E-state index contributed by atoms with van der Waals surface area (Å²) in [5, 5.41) is 8.84. The molecule has 1 aliphatic heterocycles. The highest BCUT2D eigenvalue weighted by Gasteiger charge is 2.35. The average molecular weight is 285 g/mol. The summed E-state index contributed by atoms with van der Waals surface area (Å²) in [5.74, 6) is 0.868. The molecule has 4 nitrogen and oxygen atoms in total. The van der Waals surface area contributed by atoms with Crippen LogP contribution in [0.3, 0.4) is 0 Å². The molecule has 3 atom stereocenters. The molecule has 0 radical (unpaired) electrons. The predicted molar refractivity (Wildman–Crippen MR) is 82.0 cm³/mol. The second kappa shape index (κ2) is 6.46. The Labute approximate surface area is 126 Å². The highest BCUT2D eigenvalue weighted by molar-refractivity contribution is 5.34. The highest BCUT2D eigenvalue weighted by atomic mass is 16.5. The van der Waals surface area contributed by atoms with E-state index in [4.69, 9.17) is 15.7 Å². The summed E-state index contributed by atoms with van der Waals surface area (Å²) in [6.45, 7) is 2.14. The van der Waals surface area contributed by atoms with Crippen molar-refractivity contribution in [3.8, 4) is 11.8 Å². The van der Waals surface area contributed by atoms with Crippen molar-refractivity contribution in [2.45, 2.75) is 50.3 Å². The summed E-state index contributed by atoms with van der Waals surface area (Å²) < 4.78 is 6.18. The first-order chi connectivity index (χ1) is 10.3. The third-order valence-electron chi connectivity index (χ3n) is 4.65. The summed E-state index contributed by atoms with van der Waals surface area (Å²) in [5.41, 5.74) is 6.78. The molecule has 2 fully saturated rings. The zero-order chi connectivity index (χ0) is 14.7. The molecule has 0 bridgehead atoms. The maximum atomic E-state index is 8.84. The molecule has 1 saturated heterocycles. The standard InChI is InChI=1S/C17H23N3O/c18-11-13-6-8-15(9-7-13)21-17-5-1-4-16(17)20-10-2-3-14(19)12-20/h6-9,14,16-17H,1-5,10,12,19H2/t14-,16-,17-/m1/s1. The van der Waals surface area contributed by atoms with Gasteiger partial charge in [-0.3, -0.25) is 4.90 Å². The van der Waals surface area contributed by atoms with Crippen LogP contribution in [0.5, 0.6) is 5.75 Å². The maximum Gasteiger partial charge on any atom is 0.119 e. The Balaban J connectivity index is 1.64. The Morgan fingerprint density at radius 2 is 1.95 bits per heavy atom. The topological polar surface area (TPSA) is 62.3 Å². The fraction of sp³-hybridized carbons (Fsp3) is 0.588. The lowest BCUT2D eigenvalue weighted by molar-refractivity contribution is 0.0682. The number of rotatable bonds is 3. The van der Waals surface area contributed by atoms with Crippen LogP contribution < -0.4 is 10.5 Å². The van der Waals surface area contributed by atoms with Gasteiger partial charge in [0.25, 0.3) is 0 Å². The van der Waals surface area contributed by atoms with Gasteiger partial charge in [-0.15, -0.1) is 0 Å². The first-order valence-electron chi connectivity index (χ1n) is 7.93. The number of hydrogen-bond donors (Lipinski definition) is 1. The van der Waals surface area contributed by atoms with Crippen LogP contribution in [-0.4, -0.2) is 36.2 Å². The lowest BCUT2D eigenvalue weighted by Gasteiger charge is -2.38. The van der Waals surface area contributed by atoms with Crippen molar-refractivity contribution < 1.29 is 4.74 Å². The molecule has 2 N–H and O–H groups in total. The largest absolute Gasteiger partial charge is 0.489 e. The van der Waals surface area contributed by atoms with E-state index in [2.05, 4.69) is 11.0 Å². The van der Waals surface area contributed by atoms with Crippen molar-refractivity contribution >= 4 is 0 Å². The normalized spacial score (nSPS) is 30.0. The van der Waals surface area contributed by atoms with Gasteiger partial charge in [-0.05, 0) is 62.9 Å². The molecule has 2 aliphatic rings. The van der Waals surface area contributed by atoms with Crippen molar-refractivity contribution in [2.75, 3.05) is 13.1 Å². The summed E-state index contributed by atoms with van der Waals surface area (Å²) >= 11 is 0. The lowest BCUT2D eigenvalue weighted by atomic mass is 10.0. The van der Waals surface area contributed by atoms with E-state index >= 15 is 0 Å². The minimum Gasteiger partial charge on any atom is -0.489 e. The number of ether oxygens (including phenoxy) is 1. The molecule has 0 aromatic heterocycles. The fourth-order valence-electron chi connectivity index (χ4n) is 3.59. The molecule has 21 heavy (non-hydrogen) atoms. The van der Waals surface area contributed by atoms with Crippen LogP contribution in [0.1, 0.15) is 37.7 Å². The van der Waals surface area contributed by atoms with Gasteiger partial charge in [0.2, 0.25) is 0 Å². The molecule has 3 rings (SSSR count). The maximum absolute atomic E-state index is 8.84. The fourth-order valence-corrected chi connectivity index (χ4v) is 3.59. The second-order valence-electron chi connectivity index (χ2n) is 6.19. The minimum absolute atomic E-state index is 0.253. The number of benzene rings is 1. The number of nitriles is 1. The summed E-state index contributed by atoms with van der Waals surface area (Å²) in [6, 6.07) is 10.4. The van der Waals surface area contributed by atoms with E-state index in [-0.39, 0.29) is 6.10 Å². The van der Waals surface area contributed by atoms with Gasteiger partial charge in [0.1, 0.15) is 11.9 Å². The molecular formula is C17H23N3O. The Bertz CT molecular complexity index is 508. The molecule has 1 aliphatic carbocycles. The van der Waals surface area contributed by atoms with Gasteiger partial charge in [0.15, 0.2) is 0 Å². The van der Waals surface area contributed by atoms with E-state index in [0.717, 1.165) is 31.7 Å². The molecule has 1 saturated carbocycles. The third kappa shape index (κ3) is 3.37. The number of nitrogens with two attached hydrogens (primary N) is 1. The van der Waals surface area contributed by atoms with E-state index in [0.29, 0.717) is 17.6 Å². The van der Waals surface area contributed by atoms with E-state index < -0.39 is 0 Å². The average Bonchev–Trinajstić information content (AvgIpc) is 2.96. The molecule has 4 heteroatoms. The van der Waals surface area contributed by atoms with Crippen LogP contribution in [-0.2, 0) is 0 Å². The van der Waals surface area contributed by atoms with Crippen LogP contribution >= 0.6 is 0 Å². The Kier molecular flexibility index (Phi) is 4.42. The zero-order valence-corrected chi connectivity index (χ0v) is 12.4. The molecule has 1 heterocycles. The molecule has 0 amide bonds. The molecule has 112 valence electrons. The monoisotopic (exact) mass is 285 g/mol. The quantitative estimate of drug-likeness (QED) is 0.925. The van der Waals surface area contributed by atoms with E-state index in [1.54, 1.807) is 0 Å². The number of hydrogen-bond acceptors (Lipinski definition) is 4. The van der Waals surface area contributed by atoms with Gasteiger partial charge in [-0.25, -0.2) is 0 Å². The molecule has 1 aromatic rings. The van der Waals surface area contributed by atoms with Crippen molar-refractivity contribution in [3.05, 3.63) is 29.8 Å². The minimum atomic E-state index is 0.253. The summed E-state index contributed by atoms with van der Waals surface area (Å²) in [4.78, 5) is 2.52. The van der Waals surface area contributed by atoms with Crippen LogP contribution in [0.25, 0.3) is 0 Å². The number of likely N-dealkylation sites (tertiary alicyclic amines) is 1. The summed E-state index contributed by atoms with van der Waals surface area (Å²) in [6.07, 6.45) is 6.12. The van der Waals surface area contributed by atoms with Gasteiger partial charge in [0.05, 0.1) is 11.6 Å². The number of nitrogens with zero attached hydrogens (tertiary/aromatic N) is 2. The molecule has 0 spiro atoms. The second-order valence-corrected chi connectivity index (χ2v) is 6.19. The van der Waals surface area contributed by atoms with Gasteiger partial charge in [0, 0.05) is 18.6 Å². The Morgan fingerprint density at radius 3 is 2.67 bits per heavy atom. The van der Waals surface area contributed by atoms with E-state index in [9.17, 15) is 0 Å².